The molecule has 0 aromatic carbocycles. The molecular weight excluding hydrogens is 186 g/mol. The highest BCUT2D eigenvalue weighted by Crippen LogP contribution is 2.19. The minimum atomic E-state index is 0.0865. The van der Waals surface area contributed by atoms with Gasteiger partial charge in [-0.25, -0.2) is 0 Å². The van der Waals surface area contributed by atoms with Crippen molar-refractivity contribution in [3.63, 3.8) is 0 Å². The lowest BCUT2D eigenvalue weighted by Gasteiger charge is -2.22. The maximum absolute atomic E-state index is 4.50. The molecule has 0 amide bonds. The topological polar surface area (TPSA) is 29.9 Å². The third-order valence-corrected chi connectivity index (χ3v) is 2.57. The van der Waals surface area contributed by atoms with Crippen LogP contribution in [-0.2, 0) is 18.4 Å². The second-order valence-electron chi connectivity index (χ2n) is 4.91. The van der Waals surface area contributed by atoms with E-state index in [0.717, 1.165) is 19.4 Å². The Bertz CT molecular complexity index is 307. The largest absolute Gasteiger partial charge is 0.319 e. The van der Waals surface area contributed by atoms with Crippen molar-refractivity contribution < 1.29 is 0 Å². The minimum Gasteiger partial charge on any atom is -0.319 e. The number of nitrogens with one attached hydrogen (secondary N) is 1. The highest BCUT2D eigenvalue weighted by Gasteiger charge is 2.19. The number of nitrogens with zero attached hydrogens (tertiary/aromatic N) is 2. The number of rotatable bonds is 4. The summed E-state index contributed by atoms with van der Waals surface area (Å²) in [4.78, 5) is 0. The second-order valence-corrected chi connectivity index (χ2v) is 4.91. The molecule has 0 fully saturated rings. The van der Waals surface area contributed by atoms with Crippen molar-refractivity contribution in [2.75, 3.05) is 13.6 Å². The van der Waals surface area contributed by atoms with Gasteiger partial charge in [0.1, 0.15) is 0 Å². The average Bonchev–Trinajstić information content (AvgIpc) is 2.56. The Morgan fingerprint density at radius 3 is 2.53 bits per heavy atom. The first-order valence-electron chi connectivity index (χ1n) is 5.71. The predicted octanol–water partition coefficient (Wildman–Crippen LogP) is 1.96. The molecule has 0 radical (unpaired) electrons. The highest BCUT2D eigenvalue weighted by molar-refractivity contribution is 5.19. The van der Waals surface area contributed by atoms with Crippen molar-refractivity contribution in [1.82, 2.24) is 15.1 Å². The first kappa shape index (κ1) is 12.2. The van der Waals surface area contributed by atoms with E-state index in [2.05, 4.69) is 42.8 Å². The number of hydrogen-bond acceptors (Lipinski definition) is 2. The van der Waals surface area contributed by atoms with E-state index in [1.165, 1.54) is 11.3 Å². The lowest BCUT2D eigenvalue weighted by Crippen LogP contribution is -2.25. The zero-order valence-electron chi connectivity index (χ0n) is 10.6. The lowest BCUT2D eigenvalue weighted by molar-refractivity contribution is 0.344. The molecule has 3 nitrogen and oxygen atoms in total. The van der Waals surface area contributed by atoms with Crippen LogP contribution in [-0.4, -0.2) is 23.4 Å². The minimum absolute atomic E-state index is 0.0865. The summed E-state index contributed by atoms with van der Waals surface area (Å²) in [6.07, 6.45) is 4.13. The van der Waals surface area contributed by atoms with E-state index >= 15 is 0 Å². The van der Waals surface area contributed by atoms with Gasteiger partial charge in [-0.2, -0.15) is 5.10 Å². The normalized spacial score (nSPS) is 12.1. The molecule has 86 valence electrons. The molecule has 1 rings (SSSR count). The van der Waals surface area contributed by atoms with Crippen molar-refractivity contribution in [3.05, 3.63) is 17.5 Å². The molecular formula is C12H23N3. The summed E-state index contributed by atoms with van der Waals surface area (Å²) in [7, 11) is 1.99. The molecule has 3 heteroatoms. The van der Waals surface area contributed by atoms with Crippen molar-refractivity contribution in [2.45, 2.75) is 46.1 Å². The van der Waals surface area contributed by atoms with E-state index in [4.69, 9.17) is 0 Å². The summed E-state index contributed by atoms with van der Waals surface area (Å²) < 4.78 is 2.15. The van der Waals surface area contributed by atoms with Gasteiger partial charge in [0.05, 0.1) is 11.7 Å². The third-order valence-electron chi connectivity index (χ3n) is 2.57. The first-order valence-corrected chi connectivity index (χ1v) is 5.71. The summed E-state index contributed by atoms with van der Waals surface area (Å²) in [6, 6.07) is 0. The maximum atomic E-state index is 4.50. The van der Waals surface area contributed by atoms with Crippen LogP contribution < -0.4 is 5.32 Å². The van der Waals surface area contributed by atoms with E-state index in [0.29, 0.717) is 0 Å². The Balaban J connectivity index is 2.95. The average molecular weight is 209 g/mol. The van der Waals surface area contributed by atoms with Gasteiger partial charge in [0.2, 0.25) is 0 Å². The SMILES string of the molecule is CCc1c(CCNC)cnn1C(C)(C)C. The van der Waals surface area contributed by atoms with Crippen molar-refractivity contribution in [3.8, 4) is 0 Å². The van der Waals surface area contributed by atoms with Crippen LogP contribution in [0.2, 0.25) is 0 Å². The van der Waals surface area contributed by atoms with Gasteiger partial charge in [0.25, 0.3) is 0 Å². The Labute approximate surface area is 92.9 Å². The Kier molecular flexibility index (Phi) is 3.91. The quantitative estimate of drug-likeness (QED) is 0.821. The van der Waals surface area contributed by atoms with E-state index in [9.17, 15) is 0 Å². The molecule has 0 aliphatic carbocycles. The molecule has 0 bridgehead atoms. The van der Waals surface area contributed by atoms with Gasteiger partial charge in [-0.05, 0) is 52.8 Å². The van der Waals surface area contributed by atoms with Crippen LogP contribution in [0.5, 0.6) is 0 Å². The van der Waals surface area contributed by atoms with E-state index in [1.54, 1.807) is 0 Å². The van der Waals surface area contributed by atoms with Gasteiger partial charge in [0, 0.05) is 5.69 Å². The van der Waals surface area contributed by atoms with Crippen LogP contribution >= 0.6 is 0 Å². The van der Waals surface area contributed by atoms with Crippen LogP contribution in [0, 0.1) is 0 Å². The summed E-state index contributed by atoms with van der Waals surface area (Å²) in [5.74, 6) is 0. The van der Waals surface area contributed by atoms with Crippen LogP contribution in [0.25, 0.3) is 0 Å². The molecule has 0 aliphatic heterocycles. The molecule has 0 atom stereocenters. The molecule has 0 saturated carbocycles. The molecule has 1 N–H and O–H groups in total. The Hall–Kier alpha value is -0.830. The summed E-state index contributed by atoms with van der Waals surface area (Å²) >= 11 is 0. The number of likely N-dealkylation sites (N-methyl/N-ethyl adjacent to an activating group) is 1. The summed E-state index contributed by atoms with van der Waals surface area (Å²) in [5.41, 5.74) is 2.84. The fraction of sp³-hybridized carbons (Fsp3) is 0.750. The molecule has 0 aliphatic rings. The number of hydrogen-bond donors (Lipinski definition) is 1. The molecule has 0 unspecified atom stereocenters. The molecule has 1 heterocycles. The molecule has 0 spiro atoms. The summed E-state index contributed by atoms with van der Waals surface area (Å²) in [6.45, 7) is 9.80. The standard InChI is InChI=1S/C12H23N3/c1-6-11-10(7-8-13-5)9-14-15(11)12(2,3)4/h9,13H,6-8H2,1-5H3. The fourth-order valence-electron chi connectivity index (χ4n) is 1.83. The van der Waals surface area contributed by atoms with Gasteiger partial charge in [-0.15, -0.1) is 0 Å². The molecule has 15 heavy (non-hydrogen) atoms. The zero-order valence-corrected chi connectivity index (χ0v) is 10.6. The first-order chi connectivity index (χ1) is 7.00. The van der Waals surface area contributed by atoms with E-state index < -0.39 is 0 Å². The van der Waals surface area contributed by atoms with Crippen LogP contribution in [0.15, 0.2) is 6.20 Å². The Morgan fingerprint density at radius 2 is 2.07 bits per heavy atom. The lowest BCUT2D eigenvalue weighted by atomic mass is 10.1. The smallest absolute Gasteiger partial charge is 0.0546 e. The van der Waals surface area contributed by atoms with Crippen LogP contribution in [0.3, 0.4) is 0 Å². The van der Waals surface area contributed by atoms with E-state index in [1.807, 2.05) is 13.2 Å². The predicted molar refractivity (Wildman–Crippen MR) is 64.2 cm³/mol. The van der Waals surface area contributed by atoms with Gasteiger partial charge in [-0.3, -0.25) is 4.68 Å². The van der Waals surface area contributed by atoms with Crippen molar-refractivity contribution in [2.24, 2.45) is 0 Å². The Morgan fingerprint density at radius 1 is 1.40 bits per heavy atom. The fourth-order valence-corrected chi connectivity index (χ4v) is 1.83. The van der Waals surface area contributed by atoms with Gasteiger partial charge in [-0.1, -0.05) is 6.92 Å². The van der Waals surface area contributed by atoms with Crippen LogP contribution in [0.1, 0.15) is 39.0 Å². The zero-order chi connectivity index (χ0) is 11.5. The van der Waals surface area contributed by atoms with Crippen molar-refractivity contribution >= 4 is 0 Å². The molecule has 0 saturated heterocycles. The third kappa shape index (κ3) is 2.81. The monoisotopic (exact) mass is 209 g/mol. The highest BCUT2D eigenvalue weighted by atomic mass is 15.3. The summed E-state index contributed by atoms with van der Waals surface area (Å²) in [5, 5.41) is 7.68. The van der Waals surface area contributed by atoms with Gasteiger partial charge >= 0.3 is 0 Å². The maximum Gasteiger partial charge on any atom is 0.0546 e. The number of aromatic nitrogens is 2. The second kappa shape index (κ2) is 4.79. The van der Waals surface area contributed by atoms with Crippen LogP contribution in [0.4, 0.5) is 0 Å². The van der Waals surface area contributed by atoms with Gasteiger partial charge in [0.15, 0.2) is 0 Å². The van der Waals surface area contributed by atoms with Crippen molar-refractivity contribution in [1.29, 1.82) is 0 Å². The molecule has 1 aromatic rings. The van der Waals surface area contributed by atoms with Gasteiger partial charge < -0.3 is 5.32 Å². The molecule has 1 aromatic heterocycles. The van der Waals surface area contributed by atoms with E-state index in [-0.39, 0.29) is 5.54 Å².